The molecule has 118 valence electrons. The van der Waals surface area contributed by atoms with Crippen molar-refractivity contribution in [3.05, 3.63) is 23.8 Å². The maximum atomic E-state index is 5.86. The van der Waals surface area contributed by atoms with Gasteiger partial charge in [0.25, 0.3) is 0 Å². The molecule has 4 nitrogen and oxygen atoms in total. The first-order valence-corrected chi connectivity index (χ1v) is 7.89. The zero-order valence-corrected chi connectivity index (χ0v) is 13.4. The van der Waals surface area contributed by atoms with Gasteiger partial charge in [-0.25, -0.2) is 0 Å². The topological polar surface area (TPSA) is 39.7 Å². The second-order valence-corrected chi connectivity index (χ2v) is 5.68. The van der Waals surface area contributed by atoms with Crippen molar-refractivity contribution in [1.29, 1.82) is 0 Å². The van der Waals surface area contributed by atoms with E-state index in [0.717, 1.165) is 18.1 Å². The number of likely N-dealkylation sites (N-methyl/N-ethyl adjacent to an activating group) is 1. The first-order chi connectivity index (χ1) is 10.2. The Morgan fingerprint density at radius 1 is 1.19 bits per heavy atom. The van der Waals surface area contributed by atoms with Gasteiger partial charge in [0, 0.05) is 6.61 Å². The van der Waals surface area contributed by atoms with Gasteiger partial charge in [-0.05, 0) is 37.1 Å². The fraction of sp³-hybridized carbons (Fsp3) is 0.647. The van der Waals surface area contributed by atoms with E-state index < -0.39 is 0 Å². The molecule has 0 amide bonds. The molecule has 0 fully saturated rings. The molecule has 2 atom stereocenters. The molecule has 1 aromatic rings. The van der Waals surface area contributed by atoms with Gasteiger partial charge in [0.05, 0.1) is 12.6 Å². The van der Waals surface area contributed by atoms with E-state index in [1.165, 1.54) is 18.4 Å². The molecule has 0 aromatic heterocycles. The summed E-state index contributed by atoms with van der Waals surface area (Å²) >= 11 is 0. The van der Waals surface area contributed by atoms with Crippen molar-refractivity contribution in [2.24, 2.45) is 5.92 Å². The highest BCUT2D eigenvalue weighted by Crippen LogP contribution is 2.32. The van der Waals surface area contributed by atoms with Crippen LogP contribution in [0.4, 0.5) is 0 Å². The van der Waals surface area contributed by atoms with Gasteiger partial charge in [-0.1, -0.05) is 26.3 Å². The number of fused-ring (bicyclic) bond motifs is 1. The van der Waals surface area contributed by atoms with Crippen molar-refractivity contribution >= 4 is 0 Å². The number of ether oxygens (including phenoxy) is 3. The van der Waals surface area contributed by atoms with Crippen LogP contribution in [0.5, 0.6) is 11.5 Å². The fourth-order valence-corrected chi connectivity index (χ4v) is 2.59. The lowest BCUT2D eigenvalue weighted by molar-refractivity contribution is 0.0847. The standard InChI is InChI=1S/C17H27NO3/c1-4-5-13(2)11-19-12-15(18-3)14-6-7-16-17(10-14)21-9-8-20-16/h6-7,10,13,15,18H,4-5,8-9,11-12H2,1-3H3. The number of hydrogen-bond acceptors (Lipinski definition) is 4. The van der Waals surface area contributed by atoms with Gasteiger partial charge in [0.1, 0.15) is 13.2 Å². The second-order valence-electron chi connectivity index (χ2n) is 5.68. The highest BCUT2D eigenvalue weighted by atomic mass is 16.6. The Labute approximate surface area is 127 Å². The highest BCUT2D eigenvalue weighted by Gasteiger charge is 2.16. The molecule has 0 saturated carbocycles. The van der Waals surface area contributed by atoms with E-state index in [0.29, 0.717) is 25.7 Å². The Morgan fingerprint density at radius 2 is 1.95 bits per heavy atom. The van der Waals surface area contributed by atoms with Crippen LogP contribution in [0.1, 0.15) is 38.3 Å². The molecule has 0 radical (unpaired) electrons. The van der Waals surface area contributed by atoms with E-state index in [9.17, 15) is 0 Å². The summed E-state index contributed by atoms with van der Waals surface area (Å²) in [7, 11) is 1.96. The molecule has 1 N–H and O–H groups in total. The molecule has 1 heterocycles. The Bertz CT molecular complexity index is 436. The largest absolute Gasteiger partial charge is 0.486 e. The van der Waals surface area contributed by atoms with E-state index in [1.807, 2.05) is 13.1 Å². The molecule has 1 aliphatic heterocycles. The summed E-state index contributed by atoms with van der Waals surface area (Å²) in [5, 5.41) is 3.31. The summed E-state index contributed by atoms with van der Waals surface area (Å²) in [6.07, 6.45) is 2.43. The van der Waals surface area contributed by atoms with Gasteiger partial charge in [-0.2, -0.15) is 0 Å². The van der Waals surface area contributed by atoms with Gasteiger partial charge < -0.3 is 19.5 Å². The van der Waals surface area contributed by atoms with E-state index in [2.05, 4.69) is 31.3 Å². The molecule has 0 bridgehead atoms. The van der Waals surface area contributed by atoms with Crippen LogP contribution in [0.3, 0.4) is 0 Å². The zero-order valence-electron chi connectivity index (χ0n) is 13.4. The normalized spacial score (nSPS) is 16.5. The smallest absolute Gasteiger partial charge is 0.161 e. The summed E-state index contributed by atoms with van der Waals surface area (Å²) in [5.41, 5.74) is 1.17. The molecular weight excluding hydrogens is 266 g/mol. The average Bonchev–Trinajstić information content (AvgIpc) is 2.51. The minimum Gasteiger partial charge on any atom is -0.486 e. The van der Waals surface area contributed by atoms with Crippen molar-refractivity contribution < 1.29 is 14.2 Å². The minimum absolute atomic E-state index is 0.176. The van der Waals surface area contributed by atoms with Crippen molar-refractivity contribution in [2.75, 3.05) is 33.5 Å². The molecule has 1 aliphatic rings. The SMILES string of the molecule is CCCC(C)COCC(NC)c1ccc2c(c1)OCCO2. The van der Waals surface area contributed by atoms with Gasteiger partial charge in [-0.15, -0.1) is 0 Å². The van der Waals surface area contributed by atoms with Gasteiger partial charge in [-0.3, -0.25) is 0 Å². The average molecular weight is 293 g/mol. The van der Waals surface area contributed by atoms with E-state index in [1.54, 1.807) is 0 Å². The zero-order chi connectivity index (χ0) is 15.1. The summed E-state index contributed by atoms with van der Waals surface area (Å²) in [6, 6.07) is 6.28. The van der Waals surface area contributed by atoms with Crippen molar-refractivity contribution in [2.45, 2.75) is 32.7 Å². The van der Waals surface area contributed by atoms with Gasteiger partial charge >= 0.3 is 0 Å². The lowest BCUT2D eigenvalue weighted by Crippen LogP contribution is -2.23. The van der Waals surface area contributed by atoms with Crippen LogP contribution in [-0.4, -0.2) is 33.5 Å². The molecule has 2 rings (SSSR count). The van der Waals surface area contributed by atoms with Crippen LogP contribution in [0.2, 0.25) is 0 Å². The predicted octanol–water partition coefficient (Wildman–Crippen LogP) is 3.17. The molecule has 0 aliphatic carbocycles. The van der Waals surface area contributed by atoms with Crippen molar-refractivity contribution in [3.8, 4) is 11.5 Å². The lowest BCUT2D eigenvalue weighted by Gasteiger charge is -2.22. The van der Waals surface area contributed by atoms with Crippen LogP contribution < -0.4 is 14.8 Å². The Morgan fingerprint density at radius 3 is 2.67 bits per heavy atom. The first kappa shape index (κ1) is 16.1. The summed E-state index contributed by atoms with van der Waals surface area (Å²) < 4.78 is 17.1. The van der Waals surface area contributed by atoms with Crippen LogP contribution >= 0.6 is 0 Å². The van der Waals surface area contributed by atoms with E-state index >= 15 is 0 Å². The molecular formula is C17H27NO3. The Balaban J connectivity index is 1.91. The van der Waals surface area contributed by atoms with Crippen LogP contribution in [0, 0.1) is 5.92 Å². The predicted molar refractivity (Wildman–Crippen MR) is 84.1 cm³/mol. The quantitative estimate of drug-likeness (QED) is 0.799. The summed E-state index contributed by atoms with van der Waals surface area (Å²) in [6.45, 7) is 7.18. The van der Waals surface area contributed by atoms with Crippen LogP contribution in [0.25, 0.3) is 0 Å². The maximum absolute atomic E-state index is 5.86. The number of hydrogen-bond donors (Lipinski definition) is 1. The minimum atomic E-state index is 0.176. The third-order valence-electron chi connectivity index (χ3n) is 3.79. The second kappa shape index (κ2) is 8.25. The van der Waals surface area contributed by atoms with E-state index in [4.69, 9.17) is 14.2 Å². The lowest BCUT2D eigenvalue weighted by atomic mass is 10.1. The van der Waals surface area contributed by atoms with E-state index in [-0.39, 0.29) is 6.04 Å². The molecule has 1 aromatic carbocycles. The maximum Gasteiger partial charge on any atom is 0.161 e. The van der Waals surface area contributed by atoms with Crippen molar-refractivity contribution in [1.82, 2.24) is 5.32 Å². The first-order valence-electron chi connectivity index (χ1n) is 7.89. The monoisotopic (exact) mass is 293 g/mol. The fourth-order valence-electron chi connectivity index (χ4n) is 2.59. The number of rotatable bonds is 8. The summed E-state index contributed by atoms with van der Waals surface area (Å²) in [4.78, 5) is 0. The third-order valence-corrected chi connectivity index (χ3v) is 3.79. The molecule has 2 unspecified atom stereocenters. The molecule has 0 saturated heterocycles. The molecule has 0 spiro atoms. The van der Waals surface area contributed by atoms with Gasteiger partial charge in [0.15, 0.2) is 11.5 Å². The van der Waals surface area contributed by atoms with Crippen molar-refractivity contribution in [3.63, 3.8) is 0 Å². The van der Waals surface area contributed by atoms with Crippen LogP contribution in [-0.2, 0) is 4.74 Å². The number of benzene rings is 1. The summed E-state index contributed by atoms with van der Waals surface area (Å²) in [5.74, 6) is 2.28. The van der Waals surface area contributed by atoms with Crippen LogP contribution in [0.15, 0.2) is 18.2 Å². The Hall–Kier alpha value is -1.26. The highest BCUT2D eigenvalue weighted by molar-refractivity contribution is 5.44. The molecule has 4 heteroatoms. The number of nitrogens with one attached hydrogen (secondary N) is 1. The third kappa shape index (κ3) is 4.61. The van der Waals surface area contributed by atoms with Gasteiger partial charge in [0.2, 0.25) is 0 Å². The Kier molecular flexibility index (Phi) is 6.33. The molecule has 21 heavy (non-hydrogen) atoms.